The minimum absolute atomic E-state index is 0.696. The van der Waals surface area contributed by atoms with Gasteiger partial charge in [0.1, 0.15) is 5.82 Å². The van der Waals surface area contributed by atoms with Gasteiger partial charge in [-0.3, -0.25) is 0 Å². The Kier molecular flexibility index (Phi) is 2.94. The normalized spacial score (nSPS) is 11.1. The molecule has 1 N–H and O–H groups in total. The Bertz CT molecular complexity index is 728. The summed E-state index contributed by atoms with van der Waals surface area (Å²) in [7, 11) is 0. The van der Waals surface area contributed by atoms with Crippen LogP contribution in [-0.4, -0.2) is 19.6 Å². The third-order valence-electron chi connectivity index (χ3n) is 2.79. The van der Waals surface area contributed by atoms with Crippen LogP contribution in [-0.2, 0) is 6.54 Å². The molecule has 0 unspecified atom stereocenters. The van der Waals surface area contributed by atoms with Crippen molar-refractivity contribution in [2.45, 2.75) is 27.3 Å². The molecule has 5 nitrogen and oxygen atoms in total. The van der Waals surface area contributed by atoms with E-state index in [1.807, 2.05) is 37.4 Å². The van der Waals surface area contributed by atoms with Gasteiger partial charge in [0.15, 0.2) is 5.65 Å². The summed E-state index contributed by atoms with van der Waals surface area (Å²) in [5, 5.41) is 11.0. The molecule has 3 rings (SSSR count). The van der Waals surface area contributed by atoms with E-state index >= 15 is 0 Å². The van der Waals surface area contributed by atoms with E-state index in [0.717, 1.165) is 33.6 Å². The Morgan fingerprint density at radius 1 is 1.16 bits per heavy atom. The minimum atomic E-state index is 0.696. The Morgan fingerprint density at radius 3 is 2.74 bits per heavy atom. The first kappa shape index (κ1) is 12.1. The highest BCUT2D eigenvalue weighted by Crippen LogP contribution is 2.15. The van der Waals surface area contributed by atoms with Crippen molar-refractivity contribution in [2.75, 3.05) is 5.32 Å². The highest BCUT2D eigenvalue weighted by Gasteiger charge is 2.06. The quantitative estimate of drug-likeness (QED) is 0.797. The fraction of sp³-hybridized carbons (Fsp3) is 0.308. The Balaban J connectivity index is 1.91. The number of rotatable bonds is 3. The molecule has 0 spiro atoms. The summed E-state index contributed by atoms with van der Waals surface area (Å²) in [6, 6.07) is 3.98. The first-order valence-electron chi connectivity index (χ1n) is 6.11. The number of nitrogens with one attached hydrogen (secondary N) is 1. The Morgan fingerprint density at radius 2 is 2.00 bits per heavy atom. The molecule has 3 aromatic rings. The molecule has 0 amide bonds. The number of anilines is 1. The highest BCUT2D eigenvalue weighted by molar-refractivity contribution is 7.09. The number of hydrogen-bond acceptors (Lipinski definition) is 5. The van der Waals surface area contributed by atoms with Gasteiger partial charge in [-0.05, 0) is 20.8 Å². The van der Waals surface area contributed by atoms with E-state index in [-0.39, 0.29) is 0 Å². The largest absolute Gasteiger partial charge is 0.364 e. The standard InChI is InChI=1S/C13H15N5S/c1-8-4-12(14-6-11-7-19-10(3)16-11)18-13(15-8)5-9(2)17-18/h4-5,7,14H,6H2,1-3H3. The third-order valence-corrected chi connectivity index (χ3v) is 3.62. The monoisotopic (exact) mass is 273 g/mol. The molecule has 3 aromatic heterocycles. The van der Waals surface area contributed by atoms with Crippen LogP contribution in [0.4, 0.5) is 5.82 Å². The molecule has 6 heteroatoms. The summed E-state index contributed by atoms with van der Waals surface area (Å²) in [5.74, 6) is 0.946. The lowest BCUT2D eigenvalue weighted by Gasteiger charge is -2.07. The maximum Gasteiger partial charge on any atom is 0.157 e. The lowest BCUT2D eigenvalue weighted by molar-refractivity contribution is 0.895. The second-order valence-electron chi connectivity index (χ2n) is 4.55. The van der Waals surface area contributed by atoms with Gasteiger partial charge < -0.3 is 5.32 Å². The van der Waals surface area contributed by atoms with Crippen LogP contribution < -0.4 is 5.32 Å². The number of thiazole rings is 1. The Labute approximate surface area is 115 Å². The molecule has 19 heavy (non-hydrogen) atoms. The number of aromatic nitrogens is 4. The van der Waals surface area contributed by atoms with Gasteiger partial charge in [-0.15, -0.1) is 11.3 Å². The van der Waals surface area contributed by atoms with Crippen LogP contribution in [0.25, 0.3) is 5.65 Å². The Hall–Kier alpha value is -1.95. The summed E-state index contributed by atoms with van der Waals surface area (Å²) in [6.45, 7) is 6.67. The smallest absolute Gasteiger partial charge is 0.157 e. The second kappa shape index (κ2) is 4.62. The predicted octanol–water partition coefficient (Wildman–Crippen LogP) is 2.72. The van der Waals surface area contributed by atoms with E-state index in [0.29, 0.717) is 6.54 Å². The SMILES string of the molecule is Cc1cc(NCc2csc(C)n2)n2nc(C)cc2n1. The first-order chi connectivity index (χ1) is 9.11. The van der Waals surface area contributed by atoms with Crippen LogP contribution in [0.5, 0.6) is 0 Å². The number of aryl methyl sites for hydroxylation is 3. The average Bonchev–Trinajstić information content (AvgIpc) is 2.91. The van der Waals surface area contributed by atoms with Crippen molar-refractivity contribution in [1.29, 1.82) is 0 Å². The van der Waals surface area contributed by atoms with Gasteiger partial charge in [0.2, 0.25) is 0 Å². The molecule has 0 fully saturated rings. The van der Waals surface area contributed by atoms with Crippen molar-refractivity contribution < 1.29 is 0 Å². The summed E-state index contributed by atoms with van der Waals surface area (Å²) in [6.07, 6.45) is 0. The summed E-state index contributed by atoms with van der Waals surface area (Å²) in [5.41, 5.74) is 3.86. The summed E-state index contributed by atoms with van der Waals surface area (Å²) in [4.78, 5) is 8.91. The van der Waals surface area contributed by atoms with Crippen LogP contribution in [0.3, 0.4) is 0 Å². The van der Waals surface area contributed by atoms with Crippen LogP contribution >= 0.6 is 11.3 Å². The van der Waals surface area contributed by atoms with Crippen LogP contribution in [0.1, 0.15) is 22.1 Å². The number of nitrogens with zero attached hydrogens (tertiary/aromatic N) is 4. The molecule has 0 atom stereocenters. The van der Waals surface area contributed by atoms with E-state index < -0.39 is 0 Å². The third kappa shape index (κ3) is 2.44. The lowest BCUT2D eigenvalue weighted by atomic mass is 10.4. The van der Waals surface area contributed by atoms with Gasteiger partial charge >= 0.3 is 0 Å². The molecule has 0 aliphatic heterocycles. The van der Waals surface area contributed by atoms with Gasteiger partial charge in [-0.25, -0.2) is 9.97 Å². The van der Waals surface area contributed by atoms with Gasteiger partial charge in [-0.2, -0.15) is 9.61 Å². The van der Waals surface area contributed by atoms with E-state index in [2.05, 4.69) is 25.8 Å². The lowest BCUT2D eigenvalue weighted by Crippen LogP contribution is -2.07. The van der Waals surface area contributed by atoms with Gasteiger partial charge in [0.25, 0.3) is 0 Å². The highest BCUT2D eigenvalue weighted by atomic mass is 32.1. The molecule has 0 aliphatic rings. The zero-order valence-corrected chi connectivity index (χ0v) is 12.0. The maximum atomic E-state index is 4.46. The van der Waals surface area contributed by atoms with E-state index in [9.17, 15) is 0 Å². The zero-order valence-electron chi connectivity index (χ0n) is 11.1. The van der Waals surface area contributed by atoms with Gasteiger partial charge in [0, 0.05) is 23.2 Å². The number of fused-ring (bicyclic) bond motifs is 1. The molecular weight excluding hydrogens is 258 g/mol. The molecule has 0 saturated heterocycles. The van der Waals surface area contributed by atoms with Gasteiger partial charge in [-0.1, -0.05) is 0 Å². The van der Waals surface area contributed by atoms with Crippen molar-refractivity contribution in [3.63, 3.8) is 0 Å². The van der Waals surface area contributed by atoms with Gasteiger partial charge in [0.05, 0.1) is 22.9 Å². The molecular formula is C13H15N5S. The summed E-state index contributed by atoms with van der Waals surface area (Å²) >= 11 is 1.66. The predicted molar refractivity (Wildman–Crippen MR) is 76.6 cm³/mol. The zero-order chi connectivity index (χ0) is 13.4. The maximum absolute atomic E-state index is 4.46. The van der Waals surface area contributed by atoms with Crippen molar-refractivity contribution in [3.8, 4) is 0 Å². The average molecular weight is 273 g/mol. The van der Waals surface area contributed by atoms with E-state index in [1.165, 1.54) is 0 Å². The fourth-order valence-electron chi connectivity index (χ4n) is 2.01. The van der Waals surface area contributed by atoms with Crippen molar-refractivity contribution >= 4 is 22.8 Å². The molecule has 0 aliphatic carbocycles. The minimum Gasteiger partial charge on any atom is -0.364 e. The van der Waals surface area contributed by atoms with Crippen molar-refractivity contribution in [2.24, 2.45) is 0 Å². The van der Waals surface area contributed by atoms with Crippen LogP contribution in [0, 0.1) is 20.8 Å². The van der Waals surface area contributed by atoms with Crippen molar-refractivity contribution in [3.05, 3.63) is 39.6 Å². The summed E-state index contributed by atoms with van der Waals surface area (Å²) < 4.78 is 1.83. The second-order valence-corrected chi connectivity index (χ2v) is 5.61. The van der Waals surface area contributed by atoms with E-state index in [4.69, 9.17) is 0 Å². The number of hydrogen-bond donors (Lipinski definition) is 1. The molecule has 98 valence electrons. The van der Waals surface area contributed by atoms with Crippen LogP contribution in [0.15, 0.2) is 17.5 Å². The molecule has 3 heterocycles. The first-order valence-corrected chi connectivity index (χ1v) is 6.99. The van der Waals surface area contributed by atoms with Crippen LogP contribution in [0.2, 0.25) is 0 Å². The molecule has 0 saturated carbocycles. The van der Waals surface area contributed by atoms with E-state index in [1.54, 1.807) is 11.3 Å². The molecule has 0 aromatic carbocycles. The van der Waals surface area contributed by atoms with Crippen molar-refractivity contribution in [1.82, 2.24) is 19.6 Å². The topological polar surface area (TPSA) is 55.1 Å². The molecule has 0 bridgehead atoms. The fourth-order valence-corrected chi connectivity index (χ4v) is 2.62. The molecule has 0 radical (unpaired) electrons.